The largest absolute Gasteiger partial charge is 0.495 e. The number of aliphatic hydroxyl groups excluding tert-OH is 1. The molecule has 2 nitrogen and oxygen atoms in total. The Morgan fingerprint density at radius 2 is 2.86 bits per heavy atom. The summed E-state index contributed by atoms with van der Waals surface area (Å²) >= 11 is 0. The molecule has 40 valence electrons. The van der Waals surface area contributed by atoms with Gasteiger partial charge in [0.1, 0.15) is 0 Å². The topological polar surface area (TPSA) is 32.3 Å². The van der Waals surface area contributed by atoms with Gasteiger partial charge in [0.15, 0.2) is 7.29 Å². The molecule has 0 saturated heterocycles. The molecule has 0 amide bonds. The van der Waals surface area contributed by atoms with Crippen LogP contribution in [-0.4, -0.2) is 11.7 Å². The SMILES string of the molecule is [3H]N1CCCC=C1O. The van der Waals surface area contributed by atoms with Crippen LogP contribution in [0.25, 0.3) is 0 Å². The summed E-state index contributed by atoms with van der Waals surface area (Å²) in [5.41, 5.74) is 0. The molecule has 2 heteroatoms. The molecule has 1 heterocycles. The van der Waals surface area contributed by atoms with Crippen LogP contribution in [0.2, 0.25) is 1.41 Å². The molecule has 0 spiro atoms. The van der Waals surface area contributed by atoms with Gasteiger partial charge in [-0.3, -0.25) is 0 Å². The van der Waals surface area contributed by atoms with Gasteiger partial charge in [0.05, 0.1) is 0 Å². The second-order valence-electron chi connectivity index (χ2n) is 1.59. The van der Waals surface area contributed by atoms with Crippen LogP contribution in [0.3, 0.4) is 0 Å². The van der Waals surface area contributed by atoms with E-state index in [2.05, 4.69) is 0 Å². The highest BCUT2D eigenvalue weighted by molar-refractivity contribution is 4.91. The summed E-state index contributed by atoms with van der Waals surface area (Å²) < 4.78 is 6.99. The van der Waals surface area contributed by atoms with Gasteiger partial charge in [0, 0.05) is 6.54 Å². The molecule has 0 bridgehead atoms. The van der Waals surface area contributed by atoms with Crippen molar-refractivity contribution in [3.8, 4) is 0 Å². The van der Waals surface area contributed by atoms with Crippen molar-refractivity contribution in [1.82, 2.24) is 5.31 Å². The van der Waals surface area contributed by atoms with Crippen LogP contribution in [0.1, 0.15) is 12.8 Å². The summed E-state index contributed by atoms with van der Waals surface area (Å²) in [6.45, 7) is 0.655. The van der Waals surface area contributed by atoms with E-state index in [0.717, 1.165) is 18.2 Å². The van der Waals surface area contributed by atoms with Crippen LogP contribution in [0, 0.1) is 0 Å². The number of nitrogens with one attached hydrogen (secondary N) is 1. The normalized spacial score (nSPS) is 23.7. The molecule has 1 aliphatic heterocycles. The number of allylic oxidation sites excluding steroid dienone is 1. The van der Waals surface area contributed by atoms with Crippen molar-refractivity contribution in [2.75, 3.05) is 6.54 Å². The van der Waals surface area contributed by atoms with Crippen molar-refractivity contribution < 1.29 is 6.52 Å². The Morgan fingerprint density at radius 1 is 2.00 bits per heavy atom. The van der Waals surface area contributed by atoms with E-state index < -0.39 is 0 Å². The van der Waals surface area contributed by atoms with E-state index in [0.29, 0.717) is 6.54 Å². The molecule has 0 unspecified atom stereocenters. The molecule has 0 aromatic heterocycles. The lowest BCUT2D eigenvalue weighted by atomic mass is 10.2. The minimum atomic E-state index is 0.0938. The molecule has 0 aromatic rings. The lowest BCUT2D eigenvalue weighted by Gasteiger charge is -2.07. The molecular weight excluding hydrogens is 90.1 g/mol. The monoisotopic (exact) mass is 101 g/mol. The third kappa shape index (κ3) is 1.11. The predicted octanol–water partition coefficient (Wildman–Crippen LogP) is 0.769. The lowest BCUT2D eigenvalue weighted by Crippen LogP contribution is -2.17. The van der Waals surface area contributed by atoms with Gasteiger partial charge in [-0.1, -0.05) is 0 Å². The summed E-state index contributed by atoms with van der Waals surface area (Å²) in [6, 6.07) is 0. The maximum absolute atomic E-state index is 8.78. The summed E-state index contributed by atoms with van der Waals surface area (Å²) in [5.74, 6) is 0.0938. The van der Waals surface area contributed by atoms with Gasteiger partial charge in [-0.2, -0.15) is 0 Å². The first-order valence-corrected chi connectivity index (χ1v) is 2.46. The first-order valence-electron chi connectivity index (χ1n) is 2.91. The lowest BCUT2D eigenvalue weighted by molar-refractivity contribution is 0.350. The van der Waals surface area contributed by atoms with Gasteiger partial charge in [0.2, 0.25) is 0 Å². The summed E-state index contributed by atoms with van der Waals surface area (Å²) in [7, 11) is 0. The third-order valence-corrected chi connectivity index (χ3v) is 0.963. The predicted molar refractivity (Wildman–Crippen MR) is 27.9 cm³/mol. The number of aliphatic hydroxyl groups is 1. The molecule has 0 aromatic carbocycles. The minimum absolute atomic E-state index is 0.0938. The highest BCUT2D eigenvalue weighted by atomic mass is 16.3. The fourth-order valence-corrected chi connectivity index (χ4v) is 0.581. The van der Waals surface area contributed by atoms with Crippen molar-refractivity contribution in [3.05, 3.63) is 12.0 Å². The molecule has 0 saturated carbocycles. The second-order valence-corrected chi connectivity index (χ2v) is 1.59. The fourth-order valence-electron chi connectivity index (χ4n) is 0.581. The van der Waals surface area contributed by atoms with Crippen molar-refractivity contribution in [1.29, 1.82) is 0 Å². The van der Waals surface area contributed by atoms with Crippen LogP contribution in [0.4, 0.5) is 0 Å². The zero-order chi connectivity index (χ0) is 5.98. The van der Waals surface area contributed by atoms with Crippen LogP contribution in [0.15, 0.2) is 12.0 Å². The number of hydrogen-bond donors (Lipinski definition) is 2. The Hall–Kier alpha value is -0.660. The molecular formula is C5H9NO. The summed E-state index contributed by atoms with van der Waals surface area (Å²) in [5, 5.41) is 9.88. The Kier molecular flexibility index (Phi) is 0.895. The van der Waals surface area contributed by atoms with E-state index in [1.807, 2.05) is 0 Å². The first kappa shape index (κ1) is 3.36. The Bertz CT molecular complexity index is 113. The smallest absolute Gasteiger partial charge is 0.179 e. The van der Waals surface area contributed by atoms with Crippen LogP contribution in [-0.2, 0) is 0 Å². The maximum atomic E-state index is 8.78. The van der Waals surface area contributed by atoms with Gasteiger partial charge < -0.3 is 10.4 Å². The molecule has 0 fully saturated rings. The third-order valence-electron chi connectivity index (χ3n) is 0.963. The second kappa shape index (κ2) is 1.87. The molecule has 0 aliphatic carbocycles. The average Bonchev–Trinajstić information content (AvgIpc) is 1.77. The van der Waals surface area contributed by atoms with E-state index in [-0.39, 0.29) is 5.88 Å². The Balaban J connectivity index is 2.53. The van der Waals surface area contributed by atoms with E-state index in [1.54, 1.807) is 6.08 Å². The Morgan fingerprint density at radius 3 is 3.29 bits per heavy atom. The number of hydrogen-bond acceptors (Lipinski definition) is 2. The first-order chi connectivity index (χ1) is 3.80. The van der Waals surface area contributed by atoms with Crippen molar-refractivity contribution in [2.45, 2.75) is 12.8 Å². The summed E-state index contributed by atoms with van der Waals surface area (Å²) in [4.78, 5) is 0. The zero-order valence-corrected chi connectivity index (χ0v) is 4.09. The van der Waals surface area contributed by atoms with Gasteiger partial charge in [-0.25, -0.2) is 0 Å². The number of rotatable bonds is 0. The van der Waals surface area contributed by atoms with Gasteiger partial charge in [0.25, 0.3) is 0 Å². The van der Waals surface area contributed by atoms with Crippen LogP contribution >= 0.6 is 0 Å². The van der Waals surface area contributed by atoms with Gasteiger partial charge in [-0.15, -0.1) is 0 Å². The highest BCUT2D eigenvalue weighted by Crippen LogP contribution is 1.98. The molecule has 7 heavy (non-hydrogen) atoms. The van der Waals surface area contributed by atoms with Crippen LogP contribution < -0.4 is 5.31 Å². The van der Waals surface area contributed by atoms with E-state index in [1.165, 1.54) is 0 Å². The average molecular weight is 101 g/mol. The maximum Gasteiger partial charge on any atom is 0.179 e. The summed E-state index contributed by atoms with van der Waals surface area (Å²) in [6.07, 6.45) is 3.55. The molecule has 2 N–H and O–H groups in total. The molecule has 1 rings (SSSR count). The van der Waals surface area contributed by atoms with Gasteiger partial charge in [-0.05, 0) is 18.9 Å². The minimum Gasteiger partial charge on any atom is -0.495 e. The fraction of sp³-hybridized carbons (Fsp3) is 0.600. The molecule has 0 atom stereocenters. The zero-order valence-electron chi connectivity index (χ0n) is 5.09. The van der Waals surface area contributed by atoms with E-state index >= 15 is 0 Å². The Labute approximate surface area is 44.3 Å². The molecule has 1 aliphatic rings. The van der Waals surface area contributed by atoms with Crippen molar-refractivity contribution in [2.24, 2.45) is 0 Å². The van der Waals surface area contributed by atoms with Gasteiger partial charge >= 0.3 is 0 Å². The quantitative estimate of drug-likeness (QED) is 0.472. The van der Waals surface area contributed by atoms with E-state index in [9.17, 15) is 0 Å². The molecule has 0 radical (unpaired) electrons. The van der Waals surface area contributed by atoms with E-state index in [4.69, 9.17) is 6.52 Å². The standard InChI is InChI=1S/C5H9NO/c7-5-3-1-2-4-6-5/h3,6-7H,1-2,4H2/i/hT. The highest BCUT2D eigenvalue weighted by Gasteiger charge is 1.95. The van der Waals surface area contributed by atoms with Crippen molar-refractivity contribution in [3.63, 3.8) is 0 Å². The van der Waals surface area contributed by atoms with Crippen molar-refractivity contribution >= 4 is 0 Å². The van der Waals surface area contributed by atoms with Crippen LogP contribution in [0.5, 0.6) is 0 Å².